The molecule has 2 atom stereocenters. The van der Waals surface area contributed by atoms with Crippen molar-refractivity contribution in [3.05, 3.63) is 35.4 Å². The molecule has 0 saturated carbocycles. The molecule has 1 N–H and O–H groups in total. The Kier molecular flexibility index (Phi) is 5.10. The van der Waals surface area contributed by atoms with Gasteiger partial charge in [-0.15, -0.1) is 11.8 Å². The number of amides is 1. The van der Waals surface area contributed by atoms with Crippen molar-refractivity contribution in [3.8, 4) is 0 Å². The summed E-state index contributed by atoms with van der Waals surface area (Å²) in [6.07, 6.45) is 0. The first-order valence-corrected chi connectivity index (χ1v) is 8.23. The lowest BCUT2D eigenvalue weighted by Gasteiger charge is -2.23. The van der Waals surface area contributed by atoms with E-state index in [2.05, 4.69) is 5.32 Å². The molecule has 19 heavy (non-hydrogen) atoms. The van der Waals surface area contributed by atoms with Gasteiger partial charge in [0, 0.05) is 17.3 Å². The number of hydrogen-bond donors (Lipinski definition) is 1. The van der Waals surface area contributed by atoms with Crippen LogP contribution in [0.3, 0.4) is 0 Å². The summed E-state index contributed by atoms with van der Waals surface area (Å²) < 4.78 is 26.0. The van der Waals surface area contributed by atoms with Gasteiger partial charge < -0.3 is 5.32 Å². The van der Waals surface area contributed by atoms with Gasteiger partial charge in [-0.3, -0.25) is 4.79 Å². The lowest BCUT2D eigenvalue weighted by molar-refractivity contribution is -0.120. The predicted octanol–water partition coefficient (Wildman–Crippen LogP) is 2.99. The first-order chi connectivity index (χ1) is 9.08. The zero-order valence-corrected chi connectivity index (χ0v) is 12.1. The van der Waals surface area contributed by atoms with Gasteiger partial charge >= 0.3 is 0 Å². The molecule has 2 unspecified atom stereocenters. The van der Waals surface area contributed by atoms with Crippen LogP contribution >= 0.6 is 23.5 Å². The molecule has 1 aliphatic heterocycles. The normalized spacial score (nSPS) is 20.9. The Balaban J connectivity index is 1.97. The topological polar surface area (TPSA) is 29.1 Å². The summed E-state index contributed by atoms with van der Waals surface area (Å²) in [5.74, 6) is 1.06. The molecule has 0 bridgehead atoms. The molecule has 104 valence electrons. The van der Waals surface area contributed by atoms with Crippen LogP contribution in [-0.4, -0.2) is 28.4 Å². The standard InChI is InChI=1S/C13H15F2NOS2/c1-8(9-2-3-10(14)11(15)6-9)16-13(17)12-7-18-4-5-19-12/h2-3,6,8,12H,4-5,7H2,1H3,(H,16,17). The molecule has 1 saturated heterocycles. The summed E-state index contributed by atoms with van der Waals surface area (Å²) in [5.41, 5.74) is 0.570. The van der Waals surface area contributed by atoms with Crippen LogP contribution in [0.5, 0.6) is 0 Å². The number of carbonyl (C=O) groups is 1. The van der Waals surface area contributed by atoms with Crippen LogP contribution in [-0.2, 0) is 4.79 Å². The zero-order chi connectivity index (χ0) is 13.8. The molecular weight excluding hydrogens is 288 g/mol. The van der Waals surface area contributed by atoms with E-state index in [-0.39, 0.29) is 17.2 Å². The SMILES string of the molecule is CC(NC(=O)C1CSCCS1)c1ccc(F)c(F)c1. The van der Waals surface area contributed by atoms with Gasteiger partial charge in [0.15, 0.2) is 11.6 Å². The second-order valence-electron chi connectivity index (χ2n) is 4.34. The van der Waals surface area contributed by atoms with Crippen molar-refractivity contribution in [1.29, 1.82) is 0 Å². The summed E-state index contributed by atoms with van der Waals surface area (Å²) in [4.78, 5) is 12.0. The van der Waals surface area contributed by atoms with E-state index in [1.54, 1.807) is 30.4 Å². The van der Waals surface area contributed by atoms with Crippen LogP contribution in [0.25, 0.3) is 0 Å². The maximum absolute atomic E-state index is 13.1. The van der Waals surface area contributed by atoms with Gasteiger partial charge in [0.25, 0.3) is 0 Å². The largest absolute Gasteiger partial charge is 0.349 e. The Bertz CT molecular complexity index is 464. The van der Waals surface area contributed by atoms with Gasteiger partial charge in [0.1, 0.15) is 0 Å². The van der Waals surface area contributed by atoms with E-state index in [0.717, 1.165) is 29.4 Å². The molecule has 1 heterocycles. The number of hydrogen-bond acceptors (Lipinski definition) is 3. The van der Waals surface area contributed by atoms with Gasteiger partial charge in [0.05, 0.1) is 11.3 Å². The van der Waals surface area contributed by atoms with E-state index >= 15 is 0 Å². The molecule has 0 aliphatic carbocycles. The van der Waals surface area contributed by atoms with E-state index in [9.17, 15) is 13.6 Å². The maximum Gasteiger partial charge on any atom is 0.234 e. The fourth-order valence-corrected chi connectivity index (χ4v) is 4.38. The van der Waals surface area contributed by atoms with Crippen LogP contribution in [0.1, 0.15) is 18.5 Å². The predicted molar refractivity (Wildman–Crippen MR) is 76.5 cm³/mol. The number of carbonyl (C=O) groups excluding carboxylic acids is 1. The highest BCUT2D eigenvalue weighted by molar-refractivity contribution is 8.07. The van der Waals surface area contributed by atoms with Gasteiger partial charge in [-0.1, -0.05) is 6.07 Å². The minimum Gasteiger partial charge on any atom is -0.349 e. The maximum atomic E-state index is 13.1. The Morgan fingerprint density at radius 2 is 2.16 bits per heavy atom. The first kappa shape index (κ1) is 14.7. The van der Waals surface area contributed by atoms with Crippen LogP contribution in [0.15, 0.2) is 18.2 Å². The van der Waals surface area contributed by atoms with Crippen molar-refractivity contribution in [2.75, 3.05) is 17.3 Å². The molecule has 1 aromatic carbocycles. The van der Waals surface area contributed by atoms with Crippen molar-refractivity contribution in [2.45, 2.75) is 18.2 Å². The summed E-state index contributed by atoms with van der Waals surface area (Å²) in [6.45, 7) is 1.77. The van der Waals surface area contributed by atoms with Crippen molar-refractivity contribution in [2.24, 2.45) is 0 Å². The molecule has 2 nitrogen and oxygen atoms in total. The fraction of sp³-hybridized carbons (Fsp3) is 0.462. The molecule has 1 aromatic rings. The van der Waals surface area contributed by atoms with E-state index in [0.29, 0.717) is 5.56 Å². The van der Waals surface area contributed by atoms with Crippen LogP contribution in [0.4, 0.5) is 8.78 Å². The minimum absolute atomic E-state index is 0.0329. The summed E-state index contributed by atoms with van der Waals surface area (Å²) >= 11 is 3.41. The molecular formula is C13H15F2NOS2. The smallest absolute Gasteiger partial charge is 0.234 e. The minimum atomic E-state index is -0.888. The molecule has 0 spiro atoms. The summed E-state index contributed by atoms with van der Waals surface area (Å²) in [6, 6.07) is 3.38. The highest BCUT2D eigenvalue weighted by atomic mass is 32.2. The van der Waals surface area contributed by atoms with Crippen molar-refractivity contribution < 1.29 is 13.6 Å². The molecule has 1 aliphatic rings. The number of benzene rings is 1. The van der Waals surface area contributed by atoms with Crippen molar-refractivity contribution in [3.63, 3.8) is 0 Å². The third-order valence-corrected chi connectivity index (χ3v) is 5.66. The second kappa shape index (κ2) is 6.61. The van der Waals surface area contributed by atoms with Gasteiger partial charge in [-0.2, -0.15) is 11.8 Å². The highest BCUT2D eigenvalue weighted by Crippen LogP contribution is 2.25. The Hall–Kier alpha value is -0.750. The number of nitrogens with one attached hydrogen (secondary N) is 1. The third kappa shape index (κ3) is 3.86. The molecule has 1 amide bonds. The summed E-state index contributed by atoms with van der Waals surface area (Å²) in [5, 5.41) is 2.80. The molecule has 6 heteroatoms. The van der Waals surface area contributed by atoms with Crippen LogP contribution in [0.2, 0.25) is 0 Å². The van der Waals surface area contributed by atoms with E-state index < -0.39 is 11.6 Å². The second-order valence-corrected chi connectivity index (χ2v) is 6.80. The monoisotopic (exact) mass is 303 g/mol. The fourth-order valence-electron chi connectivity index (χ4n) is 1.81. The lowest BCUT2D eigenvalue weighted by atomic mass is 10.1. The average Bonchev–Trinajstić information content (AvgIpc) is 2.42. The first-order valence-electron chi connectivity index (χ1n) is 6.02. The Morgan fingerprint density at radius 1 is 1.37 bits per heavy atom. The van der Waals surface area contributed by atoms with E-state index in [4.69, 9.17) is 0 Å². The Labute approximate surface area is 119 Å². The quantitative estimate of drug-likeness (QED) is 0.931. The van der Waals surface area contributed by atoms with Gasteiger partial charge in [0.2, 0.25) is 5.91 Å². The van der Waals surface area contributed by atoms with E-state index in [1.165, 1.54) is 6.07 Å². The molecule has 0 radical (unpaired) electrons. The number of thioether (sulfide) groups is 2. The summed E-state index contributed by atoms with van der Waals surface area (Å²) in [7, 11) is 0. The Morgan fingerprint density at radius 3 is 2.79 bits per heavy atom. The zero-order valence-electron chi connectivity index (χ0n) is 10.5. The highest BCUT2D eigenvalue weighted by Gasteiger charge is 2.23. The molecule has 2 rings (SSSR count). The van der Waals surface area contributed by atoms with Crippen LogP contribution < -0.4 is 5.32 Å². The number of rotatable bonds is 3. The molecule has 1 fully saturated rings. The van der Waals surface area contributed by atoms with E-state index in [1.807, 2.05) is 0 Å². The average molecular weight is 303 g/mol. The van der Waals surface area contributed by atoms with Crippen molar-refractivity contribution >= 4 is 29.4 Å². The van der Waals surface area contributed by atoms with Crippen LogP contribution in [0, 0.1) is 11.6 Å². The lowest BCUT2D eigenvalue weighted by Crippen LogP contribution is -2.37. The number of halogens is 2. The van der Waals surface area contributed by atoms with Crippen molar-refractivity contribution in [1.82, 2.24) is 5.32 Å². The van der Waals surface area contributed by atoms with Gasteiger partial charge in [-0.25, -0.2) is 8.78 Å². The third-order valence-electron chi connectivity index (χ3n) is 2.91. The molecule has 0 aromatic heterocycles. The van der Waals surface area contributed by atoms with Gasteiger partial charge in [-0.05, 0) is 24.6 Å².